The van der Waals surface area contributed by atoms with Crippen LogP contribution in [0.25, 0.3) is 0 Å². The Morgan fingerprint density at radius 2 is 1.67 bits per heavy atom. The minimum absolute atomic E-state index is 0.170. The summed E-state index contributed by atoms with van der Waals surface area (Å²) in [4.78, 5) is 0.170. The summed E-state index contributed by atoms with van der Waals surface area (Å²) < 4.78 is 38.2. The number of hydrogen-bond acceptors (Lipinski definition) is 4. The molecule has 0 aliphatic heterocycles. The van der Waals surface area contributed by atoms with E-state index in [9.17, 15) is 8.42 Å². The lowest BCUT2D eigenvalue weighted by molar-refractivity contribution is 0.395. The van der Waals surface area contributed by atoms with Gasteiger partial charge in [0.2, 0.25) is 0 Å². The van der Waals surface area contributed by atoms with Crippen LogP contribution in [-0.2, 0) is 10.0 Å². The van der Waals surface area contributed by atoms with E-state index in [1.54, 1.807) is 30.3 Å². The molecule has 2 rings (SSSR count). The second-order valence-corrected chi connectivity index (χ2v) is 6.72. The molecule has 0 radical (unpaired) electrons. The highest BCUT2D eigenvalue weighted by Gasteiger charge is 2.16. The Balaban J connectivity index is 2.34. The molecule has 21 heavy (non-hydrogen) atoms. The van der Waals surface area contributed by atoms with E-state index < -0.39 is 10.0 Å². The third kappa shape index (κ3) is 3.68. The molecule has 0 heterocycles. The minimum Gasteiger partial charge on any atom is -0.497 e. The average Bonchev–Trinajstić information content (AvgIpc) is 2.47. The zero-order valence-electron chi connectivity index (χ0n) is 11.5. The molecule has 0 fully saturated rings. The molecule has 0 saturated heterocycles. The largest absolute Gasteiger partial charge is 0.497 e. The molecule has 7 heteroatoms. The number of anilines is 1. The first-order valence-corrected chi connectivity index (χ1v) is 8.24. The van der Waals surface area contributed by atoms with Crippen molar-refractivity contribution in [3.05, 3.63) is 46.9 Å². The lowest BCUT2D eigenvalue weighted by Crippen LogP contribution is -2.13. The highest BCUT2D eigenvalue weighted by Crippen LogP contribution is 2.30. The molecule has 0 bridgehead atoms. The van der Waals surface area contributed by atoms with Gasteiger partial charge in [-0.1, -0.05) is 15.9 Å². The van der Waals surface area contributed by atoms with Crippen LogP contribution in [0.1, 0.15) is 0 Å². The van der Waals surface area contributed by atoms with E-state index >= 15 is 0 Å². The first kappa shape index (κ1) is 15.7. The van der Waals surface area contributed by atoms with Crippen molar-refractivity contribution >= 4 is 31.6 Å². The Kier molecular flexibility index (Phi) is 4.74. The van der Waals surface area contributed by atoms with E-state index in [2.05, 4.69) is 20.7 Å². The molecule has 2 aromatic carbocycles. The monoisotopic (exact) mass is 371 g/mol. The Bertz CT molecular complexity index is 729. The molecule has 0 aromatic heterocycles. The van der Waals surface area contributed by atoms with Crippen molar-refractivity contribution in [2.24, 2.45) is 0 Å². The number of ether oxygens (including phenoxy) is 2. The molecule has 0 unspecified atom stereocenters. The Morgan fingerprint density at radius 1 is 1.00 bits per heavy atom. The van der Waals surface area contributed by atoms with Crippen LogP contribution in [0, 0.1) is 0 Å². The van der Waals surface area contributed by atoms with Gasteiger partial charge in [-0.05, 0) is 36.4 Å². The van der Waals surface area contributed by atoms with Gasteiger partial charge < -0.3 is 9.47 Å². The van der Waals surface area contributed by atoms with Gasteiger partial charge in [0.05, 0.1) is 24.8 Å². The molecular formula is C14H14BrNO4S. The van der Waals surface area contributed by atoms with Crippen LogP contribution in [0.15, 0.2) is 51.8 Å². The van der Waals surface area contributed by atoms with Crippen molar-refractivity contribution in [1.29, 1.82) is 0 Å². The summed E-state index contributed by atoms with van der Waals surface area (Å²) in [5.74, 6) is 0.966. The predicted molar refractivity (Wildman–Crippen MR) is 84.5 cm³/mol. The maximum absolute atomic E-state index is 12.3. The van der Waals surface area contributed by atoms with Gasteiger partial charge in [-0.2, -0.15) is 0 Å². The standard InChI is InChI=1S/C14H14BrNO4S/c1-19-11-5-8-13(14(9-11)20-2)16-21(17,18)12-6-3-10(15)4-7-12/h3-9,16H,1-2H3. The van der Waals surface area contributed by atoms with Crippen molar-refractivity contribution in [3.8, 4) is 11.5 Å². The van der Waals surface area contributed by atoms with E-state index in [1.807, 2.05) is 0 Å². The molecule has 0 spiro atoms. The number of rotatable bonds is 5. The predicted octanol–water partition coefficient (Wildman–Crippen LogP) is 3.27. The molecular weight excluding hydrogens is 358 g/mol. The molecule has 1 N–H and O–H groups in total. The van der Waals surface area contributed by atoms with Gasteiger partial charge in [0.1, 0.15) is 11.5 Å². The SMILES string of the molecule is COc1ccc(NS(=O)(=O)c2ccc(Br)cc2)c(OC)c1. The third-order valence-corrected chi connectivity index (χ3v) is 4.69. The molecule has 0 aliphatic rings. The normalized spacial score (nSPS) is 11.0. The first-order chi connectivity index (χ1) is 9.96. The van der Waals surface area contributed by atoms with Crippen molar-refractivity contribution in [2.75, 3.05) is 18.9 Å². The van der Waals surface area contributed by atoms with Crippen LogP contribution in [-0.4, -0.2) is 22.6 Å². The van der Waals surface area contributed by atoms with Gasteiger partial charge >= 0.3 is 0 Å². The lowest BCUT2D eigenvalue weighted by atomic mass is 10.3. The maximum Gasteiger partial charge on any atom is 0.262 e. The molecule has 0 aliphatic carbocycles. The zero-order chi connectivity index (χ0) is 15.5. The smallest absolute Gasteiger partial charge is 0.262 e. The third-order valence-electron chi connectivity index (χ3n) is 2.78. The van der Waals surface area contributed by atoms with E-state index in [0.717, 1.165) is 4.47 Å². The summed E-state index contributed by atoms with van der Waals surface area (Å²) >= 11 is 3.27. The van der Waals surface area contributed by atoms with Gasteiger partial charge in [-0.25, -0.2) is 8.42 Å². The second kappa shape index (κ2) is 6.36. The number of benzene rings is 2. The summed E-state index contributed by atoms with van der Waals surface area (Å²) in [5.41, 5.74) is 0.348. The first-order valence-electron chi connectivity index (χ1n) is 5.96. The average molecular weight is 372 g/mol. The van der Waals surface area contributed by atoms with Crippen molar-refractivity contribution in [1.82, 2.24) is 0 Å². The molecule has 0 saturated carbocycles. The van der Waals surface area contributed by atoms with E-state index in [0.29, 0.717) is 17.2 Å². The summed E-state index contributed by atoms with van der Waals surface area (Å²) in [5, 5.41) is 0. The zero-order valence-corrected chi connectivity index (χ0v) is 13.9. The molecule has 2 aromatic rings. The van der Waals surface area contributed by atoms with Gasteiger partial charge in [0.15, 0.2) is 0 Å². The highest BCUT2D eigenvalue weighted by molar-refractivity contribution is 9.10. The molecule has 0 atom stereocenters. The molecule has 0 amide bonds. The van der Waals surface area contributed by atoms with Crippen LogP contribution in [0.2, 0.25) is 0 Å². The summed E-state index contributed by atoms with van der Waals surface area (Å²) in [6.45, 7) is 0. The fourth-order valence-corrected chi connectivity index (χ4v) is 3.03. The van der Waals surface area contributed by atoms with Gasteiger partial charge in [0.25, 0.3) is 10.0 Å². The van der Waals surface area contributed by atoms with E-state index in [4.69, 9.17) is 9.47 Å². The second-order valence-electron chi connectivity index (χ2n) is 4.13. The highest BCUT2D eigenvalue weighted by atomic mass is 79.9. The fourth-order valence-electron chi connectivity index (χ4n) is 1.70. The Hall–Kier alpha value is -1.73. The van der Waals surface area contributed by atoms with E-state index in [-0.39, 0.29) is 4.90 Å². The minimum atomic E-state index is -3.67. The number of nitrogens with one attached hydrogen (secondary N) is 1. The van der Waals surface area contributed by atoms with Crippen molar-refractivity contribution in [2.45, 2.75) is 4.90 Å². The van der Waals surface area contributed by atoms with Gasteiger partial charge in [-0.15, -0.1) is 0 Å². The van der Waals surface area contributed by atoms with Gasteiger partial charge in [0, 0.05) is 10.5 Å². The summed E-state index contributed by atoms with van der Waals surface area (Å²) in [6.07, 6.45) is 0. The topological polar surface area (TPSA) is 64.6 Å². The van der Waals surface area contributed by atoms with Crippen LogP contribution >= 0.6 is 15.9 Å². The van der Waals surface area contributed by atoms with Crippen molar-refractivity contribution < 1.29 is 17.9 Å². The maximum atomic E-state index is 12.3. The molecule has 112 valence electrons. The lowest BCUT2D eigenvalue weighted by Gasteiger charge is -2.13. The Labute approximate surface area is 132 Å². The van der Waals surface area contributed by atoms with Crippen LogP contribution in [0.4, 0.5) is 5.69 Å². The fraction of sp³-hybridized carbons (Fsp3) is 0.143. The van der Waals surface area contributed by atoms with Crippen LogP contribution in [0.5, 0.6) is 11.5 Å². The van der Waals surface area contributed by atoms with Crippen molar-refractivity contribution in [3.63, 3.8) is 0 Å². The van der Waals surface area contributed by atoms with Gasteiger partial charge in [-0.3, -0.25) is 4.72 Å². The summed E-state index contributed by atoms with van der Waals surface area (Å²) in [6, 6.07) is 11.2. The van der Waals surface area contributed by atoms with E-state index in [1.165, 1.54) is 26.4 Å². The number of halogens is 1. The van der Waals surface area contributed by atoms with Crippen LogP contribution < -0.4 is 14.2 Å². The number of methoxy groups -OCH3 is 2. The molecule has 5 nitrogen and oxygen atoms in total. The Morgan fingerprint density at radius 3 is 2.24 bits per heavy atom. The summed E-state index contributed by atoms with van der Waals surface area (Å²) in [7, 11) is -0.681. The van der Waals surface area contributed by atoms with Crippen LogP contribution in [0.3, 0.4) is 0 Å². The quantitative estimate of drug-likeness (QED) is 0.875. The number of sulfonamides is 1. The number of hydrogen-bond donors (Lipinski definition) is 1.